The lowest BCUT2D eigenvalue weighted by atomic mass is 10.0. The van der Waals surface area contributed by atoms with E-state index in [1.54, 1.807) is 24.3 Å². The summed E-state index contributed by atoms with van der Waals surface area (Å²) in [5.74, 6) is -1.32. The van der Waals surface area contributed by atoms with Crippen molar-refractivity contribution in [3.63, 3.8) is 0 Å². The number of hydrogen-bond donors (Lipinski definition) is 2. The van der Waals surface area contributed by atoms with Crippen molar-refractivity contribution in [2.75, 3.05) is 13.1 Å². The molecule has 0 fully saturated rings. The van der Waals surface area contributed by atoms with Crippen LogP contribution < -0.4 is 11.1 Å². The summed E-state index contributed by atoms with van der Waals surface area (Å²) in [6.07, 6.45) is 0.651. The first kappa shape index (κ1) is 16.2. The molecule has 118 valence electrons. The quantitative estimate of drug-likeness (QED) is 0.600. The molecular weight excluding hydrogens is 282 g/mol. The van der Waals surface area contributed by atoms with E-state index in [1.807, 2.05) is 13.8 Å². The van der Waals surface area contributed by atoms with Crippen LogP contribution in [0.2, 0.25) is 0 Å². The van der Waals surface area contributed by atoms with Gasteiger partial charge >= 0.3 is 0 Å². The minimum atomic E-state index is -0.815. The molecule has 3 N–H and O–H groups in total. The van der Waals surface area contributed by atoms with Crippen molar-refractivity contribution in [2.24, 2.45) is 11.7 Å². The molecular formula is C16H21N3O3. The maximum atomic E-state index is 12.5. The molecule has 6 heteroatoms. The fourth-order valence-corrected chi connectivity index (χ4v) is 2.60. The van der Waals surface area contributed by atoms with Gasteiger partial charge in [-0.3, -0.25) is 19.3 Å². The van der Waals surface area contributed by atoms with Gasteiger partial charge in [0.15, 0.2) is 0 Å². The molecule has 1 heterocycles. The number of imide groups is 1. The molecule has 1 aromatic rings. The van der Waals surface area contributed by atoms with Gasteiger partial charge < -0.3 is 11.1 Å². The molecule has 1 aliphatic heterocycles. The van der Waals surface area contributed by atoms with E-state index in [4.69, 9.17) is 5.73 Å². The first-order chi connectivity index (χ1) is 10.5. The Morgan fingerprint density at radius 1 is 1.18 bits per heavy atom. The Bertz CT molecular complexity index is 563. The van der Waals surface area contributed by atoms with Crippen LogP contribution in [0.5, 0.6) is 0 Å². The van der Waals surface area contributed by atoms with E-state index >= 15 is 0 Å². The third-order valence-electron chi connectivity index (χ3n) is 3.68. The van der Waals surface area contributed by atoms with Crippen molar-refractivity contribution in [3.05, 3.63) is 35.4 Å². The molecule has 0 spiro atoms. The summed E-state index contributed by atoms with van der Waals surface area (Å²) in [7, 11) is 0. The van der Waals surface area contributed by atoms with E-state index in [0.29, 0.717) is 30.6 Å². The minimum Gasteiger partial charge on any atom is -0.354 e. The molecule has 6 nitrogen and oxygen atoms in total. The zero-order valence-corrected chi connectivity index (χ0v) is 12.8. The SMILES string of the molecule is CC(C)C(C(=O)NCCCN)N1C(=O)c2ccccc2C1=O. The number of hydrogen-bond acceptors (Lipinski definition) is 4. The van der Waals surface area contributed by atoms with Gasteiger partial charge in [-0.25, -0.2) is 0 Å². The van der Waals surface area contributed by atoms with Crippen LogP contribution in [0.1, 0.15) is 41.0 Å². The van der Waals surface area contributed by atoms with Crippen molar-refractivity contribution in [1.82, 2.24) is 10.2 Å². The van der Waals surface area contributed by atoms with Gasteiger partial charge in [-0.2, -0.15) is 0 Å². The van der Waals surface area contributed by atoms with Gasteiger partial charge in [0.05, 0.1) is 11.1 Å². The maximum Gasteiger partial charge on any atom is 0.262 e. The Kier molecular flexibility index (Phi) is 4.92. The van der Waals surface area contributed by atoms with Crippen LogP contribution in [-0.2, 0) is 4.79 Å². The first-order valence-electron chi connectivity index (χ1n) is 7.43. The standard InChI is InChI=1S/C16H21N3O3/c1-10(2)13(14(20)18-9-5-8-17)19-15(21)11-6-3-4-7-12(11)16(19)22/h3-4,6-7,10,13H,5,8-9,17H2,1-2H3,(H,18,20). The second-order valence-electron chi connectivity index (χ2n) is 5.65. The molecule has 0 saturated carbocycles. The highest BCUT2D eigenvalue weighted by Gasteiger charge is 2.43. The van der Waals surface area contributed by atoms with E-state index in [1.165, 1.54) is 0 Å². The number of rotatable bonds is 6. The molecule has 0 bridgehead atoms. The average Bonchev–Trinajstić information content (AvgIpc) is 2.73. The van der Waals surface area contributed by atoms with Gasteiger partial charge in [0.2, 0.25) is 5.91 Å². The third kappa shape index (κ3) is 2.87. The zero-order valence-electron chi connectivity index (χ0n) is 12.8. The monoisotopic (exact) mass is 303 g/mol. The minimum absolute atomic E-state index is 0.180. The van der Waals surface area contributed by atoms with Crippen LogP contribution in [0.15, 0.2) is 24.3 Å². The van der Waals surface area contributed by atoms with Crippen LogP contribution >= 0.6 is 0 Å². The molecule has 1 aliphatic rings. The van der Waals surface area contributed by atoms with E-state index in [9.17, 15) is 14.4 Å². The van der Waals surface area contributed by atoms with E-state index in [2.05, 4.69) is 5.32 Å². The summed E-state index contributed by atoms with van der Waals surface area (Å²) < 4.78 is 0. The Labute approximate surface area is 129 Å². The van der Waals surface area contributed by atoms with Gasteiger partial charge in [-0.05, 0) is 31.0 Å². The van der Waals surface area contributed by atoms with Crippen LogP contribution in [0, 0.1) is 5.92 Å². The molecule has 0 radical (unpaired) electrons. The summed E-state index contributed by atoms with van der Waals surface area (Å²) >= 11 is 0. The highest BCUT2D eigenvalue weighted by molar-refractivity contribution is 6.22. The molecule has 0 saturated heterocycles. The molecule has 0 aliphatic carbocycles. The average molecular weight is 303 g/mol. The number of amides is 3. The third-order valence-corrected chi connectivity index (χ3v) is 3.68. The lowest BCUT2D eigenvalue weighted by Gasteiger charge is -2.28. The molecule has 1 atom stereocenters. The van der Waals surface area contributed by atoms with Crippen LogP contribution in [-0.4, -0.2) is 41.8 Å². The maximum absolute atomic E-state index is 12.5. The zero-order chi connectivity index (χ0) is 16.3. The largest absolute Gasteiger partial charge is 0.354 e. The fourth-order valence-electron chi connectivity index (χ4n) is 2.60. The number of nitrogens with one attached hydrogen (secondary N) is 1. The van der Waals surface area contributed by atoms with Gasteiger partial charge in [0.1, 0.15) is 6.04 Å². The number of nitrogens with zero attached hydrogens (tertiary/aromatic N) is 1. The molecule has 22 heavy (non-hydrogen) atoms. The smallest absolute Gasteiger partial charge is 0.262 e. The number of carbonyl (C=O) groups is 3. The lowest BCUT2D eigenvalue weighted by Crippen LogP contribution is -2.52. The summed E-state index contributed by atoms with van der Waals surface area (Å²) in [6, 6.07) is 5.82. The first-order valence-corrected chi connectivity index (χ1v) is 7.43. The second-order valence-corrected chi connectivity index (χ2v) is 5.65. The van der Waals surface area contributed by atoms with Gasteiger partial charge in [0.25, 0.3) is 11.8 Å². The van der Waals surface area contributed by atoms with E-state index in [0.717, 1.165) is 4.90 Å². The highest BCUT2D eigenvalue weighted by atomic mass is 16.2. The Balaban J connectivity index is 2.25. The molecule has 1 unspecified atom stereocenters. The van der Waals surface area contributed by atoms with Gasteiger partial charge in [0, 0.05) is 6.54 Å². The fraction of sp³-hybridized carbons (Fsp3) is 0.438. The molecule has 1 aromatic carbocycles. The van der Waals surface area contributed by atoms with Gasteiger partial charge in [-0.1, -0.05) is 26.0 Å². The van der Waals surface area contributed by atoms with Crippen LogP contribution in [0.3, 0.4) is 0 Å². The molecule has 3 amide bonds. The summed E-state index contributed by atoms with van der Waals surface area (Å²) in [6.45, 7) is 4.54. The number of carbonyl (C=O) groups excluding carboxylic acids is 3. The van der Waals surface area contributed by atoms with E-state index in [-0.39, 0.29) is 11.8 Å². The number of benzene rings is 1. The lowest BCUT2D eigenvalue weighted by molar-refractivity contribution is -0.126. The Morgan fingerprint density at radius 3 is 2.18 bits per heavy atom. The predicted octanol–water partition coefficient (Wildman–Crippen LogP) is 0.772. The van der Waals surface area contributed by atoms with Gasteiger partial charge in [-0.15, -0.1) is 0 Å². The van der Waals surface area contributed by atoms with Crippen molar-refractivity contribution < 1.29 is 14.4 Å². The summed E-state index contributed by atoms with van der Waals surface area (Å²) in [5.41, 5.74) is 6.11. The normalized spacial score (nSPS) is 15.2. The topological polar surface area (TPSA) is 92.5 Å². The Hall–Kier alpha value is -2.21. The molecule has 2 rings (SSSR count). The van der Waals surface area contributed by atoms with Crippen LogP contribution in [0.25, 0.3) is 0 Å². The van der Waals surface area contributed by atoms with Crippen molar-refractivity contribution in [2.45, 2.75) is 26.3 Å². The Morgan fingerprint density at radius 2 is 1.73 bits per heavy atom. The summed E-state index contributed by atoms with van der Waals surface area (Å²) in [5, 5.41) is 2.74. The van der Waals surface area contributed by atoms with Crippen LogP contribution in [0.4, 0.5) is 0 Å². The van der Waals surface area contributed by atoms with E-state index < -0.39 is 17.9 Å². The second kappa shape index (κ2) is 6.70. The number of nitrogens with two attached hydrogens (primary N) is 1. The van der Waals surface area contributed by atoms with Crippen molar-refractivity contribution in [1.29, 1.82) is 0 Å². The van der Waals surface area contributed by atoms with Crippen molar-refractivity contribution in [3.8, 4) is 0 Å². The number of fused-ring (bicyclic) bond motifs is 1. The molecule has 0 aromatic heterocycles. The predicted molar refractivity (Wildman–Crippen MR) is 82.2 cm³/mol. The highest BCUT2D eigenvalue weighted by Crippen LogP contribution is 2.27. The summed E-state index contributed by atoms with van der Waals surface area (Å²) in [4.78, 5) is 38.5. The van der Waals surface area contributed by atoms with Crippen molar-refractivity contribution >= 4 is 17.7 Å².